The molecule has 0 radical (unpaired) electrons. The highest BCUT2D eigenvalue weighted by Crippen LogP contribution is 2.22. The van der Waals surface area contributed by atoms with E-state index < -0.39 is 10.0 Å². The van der Waals surface area contributed by atoms with Crippen LogP contribution in [0.2, 0.25) is 0 Å². The van der Waals surface area contributed by atoms with Crippen LogP contribution in [0.1, 0.15) is 26.0 Å². The highest BCUT2D eigenvalue weighted by atomic mass is 35.5. The number of morpholine rings is 1. The van der Waals surface area contributed by atoms with E-state index in [9.17, 15) is 8.42 Å². The molecule has 1 unspecified atom stereocenters. The number of halogens is 1. The van der Waals surface area contributed by atoms with E-state index in [0.717, 1.165) is 18.7 Å². The summed E-state index contributed by atoms with van der Waals surface area (Å²) in [6.45, 7) is 5.96. The van der Waals surface area contributed by atoms with Gasteiger partial charge in [-0.25, -0.2) is 8.42 Å². The lowest BCUT2D eigenvalue weighted by molar-refractivity contribution is 0.0102. The number of aromatic nitrogens is 1. The van der Waals surface area contributed by atoms with Crippen molar-refractivity contribution in [3.63, 3.8) is 0 Å². The van der Waals surface area contributed by atoms with E-state index in [-0.39, 0.29) is 6.10 Å². The maximum absolute atomic E-state index is 12.6. The maximum atomic E-state index is 12.6. The number of ether oxygens (including phenoxy) is 1. The lowest BCUT2D eigenvalue weighted by atomic mass is 10.3. The van der Waals surface area contributed by atoms with Gasteiger partial charge in [0.2, 0.25) is 10.0 Å². The fourth-order valence-electron chi connectivity index (χ4n) is 2.38. The quantitative estimate of drug-likeness (QED) is 0.780. The molecule has 1 aliphatic rings. The fraction of sp³-hybridized carbons (Fsp3) is 0.692. The zero-order valence-corrected chi connectivity index (χ0v) is 13.5. The average molecular weight is 321 g/mol. The normalized spacial score (nSPS) is 21.2. The predicted octanol–water partition coefficient (Wildman–Crippen LogP) is 2.05. The molecule has 1 fully saturated rings. The van der Waals surface area contributed by atoms with Gasteiger partial charge >= 0.3 is 0 Å². The second kappa shape index (κ2) is 6.47. The van der Waals surface area contributed by atoms with E-state index >= 15 is 0 Å². The number of sulfonamides is 1. The number of hydrogen-bond donors (Lipinski definition) is 0. The molecule has 0 bridgehead atoms. The molecule has 114 valence electrons. The molecule has 0 aliphatic carbocycles. The minimum atomic E-state index is -3.45. The van der Waals surface area contributed by atoms with E-state index in [1.807, 2.05) is 11.5 Å². The van der Waals surface area contributed by atoms with Crippen molar-refractivity contribution in [3.05, 3.63) is 18.0 Å². The summed E-state index contributed by atoms with van der Waals surface area (Å²) in [6.07, 6.45) is 2.56. The molecule has 0 spiro atoms. The summed E-state index contributed by atoms with van der Waals surface area (Å²) in [5, 5.41) is 0. The summed E-state index contributed by atoms with van der Waals surface area (Å²) in [4.78, 5) is 0.329. The van der Waals surface area contributed by atoms with Gasteiger partial charge in [0.15, 0.2) is 0 Å². The van der Waals surface area contributed by atoms with Gasteiger partial charge in [0.05, 0.1) is 18.6 Å². The van der Waals surface area contributed by atoms with Crippen molar-refractivity contribution in [2.24, 2.45) is 0 Å². The van der Waals surface area contributed by atoms with E-state index in [4.69, 9.17) is 16.3 Å². The second-order valence-corrected chi connectivity index (χ2v) is 7.24. The summed E-state index contributed by atoms with van der Waals surface area (Å²) < 4.78 is 34.1. The molecular weight excluding hydrogens is 300 g/mol. The monoisotopic (exact) mass is 320 g/mol. The number of nitrogens with zero attached hydrogens (tertiary/aromatic N) is 2. The summed E-state index contributed by atoms with van der Waals surface area (Å²) in [7, 11) is -3.45. The fourth-order valence-corrected chi connectivity index (χ4v) is 4.18. The average Bonchev–Trinajstić information content (AvgIpc) is 2.83. The summed E-state index contributed by atoms with van der Waals surface area (Å²) in [5.74, 6) is 0.315. The van der Waals surface area contributed by atoms with E-state index in [1.165, 1.54) is 4.31 Å². The standard InChI is InChI=1S/C13H21ClN2O3S/c1-3-4-15-10-13(7-12(15)8-14)20(17,18)16-5-6-19-11(2)9-16/h7,10-11H,3-6,8-9H2,1-2H3. The van der Waals surface area contributed by atoms with Crippen LogP contribution in [0, 0.1) is 0 Å². The van der Waals surface area contributed by atoms with Gasteiger partial charge in [-0.3, -0.25) is 0 Å². The van der Waals surface area contributed by atoms with Gasteiger partial charge < -0.3 is 9.30 Å². The molecule has 5 nitrogen and oxygen atoms in total. The van der Waals surface area contributed by atoms with Crippen molar-refractivity contribution in [1.29, 1.82) is 0 Å². The molecule has 1 aliphatic heterocycles. The third-order valence-electron chi connectivity index (χ3n) is 3.40. The van der Waals surface area contributed by atoms with Crippen LogP contribution >= 0.6 is 11.6 Å². The molecule has 1 saturated heterocycles. The highest BCUT2D eigenvalue weighted by molar-refractivity contribution is 7.89. The Morgan fingerprint density at radius 2 is 2.25 bits per heavy atom. The Bertz CT molecular complexity index is 556. The van der Waals surface area contributed by atoms with Crippen LogP contribution in [-0.2, 0) is 27.2 Å². The molecule has 0 aromatic carbocycles. The predicted molar refractivity (Wildman–Crippen MR) is 78.5 cm³/mol. The van der Waals surface area contributed by atoms with Crippen LogP contribution in [0.5, 0.6) is 0 Å². The molecule has 1 aromatic rings. The van der Waals surface area contributed by atoms with Crippen molar-refractivity contribution in [1.82, 2.24) is 8.87 Å². The molecule has 0 N–H and O–H groups in total. The van der Waals surface area contributed by atoms with Gasteiger partial charge in [-0.05, 0) is 19.4 Å². The Hall–Kier alpha value is -0.560. The smallest absolute Gasteiger partial charge is 0.244 e. The Balaban J connectivity index is 2.29. The van der Waals surface area contributed by atoms with Gasteiger partial charge in [0.25, 0.3) is 0 Å². The Morgan fingerprint density at radius 3 is 2.85 bits per heavy atom. The van der Waals surface area contributed by atoms with Gasteiger partial charge in [-0.2, -0.15) is 4.31 Å². The minimum absolute atomic E-state index is 0.0660. The summed E-state index contributed by atoms with van der Waals surface area (Å²) >= 11 is 5.89. The SMILES string of the molecule is CCCn1cc(S(=O)(=O)N2CCOC(C)C2)cc1CCl. The zero-order valence-electron chi connectivity index (χ0n) is 11.9. The Morgan fingerprint density at radius 1 is 1.50 bits per heavy atom. The first-order valence-electron chi connectivity index (χ1n) is 6.85. The number of hydrogen-bond acceptors (Lipinski definition) is 3. The summed E-state index contributed by atoms with van der Waals surface area (Å²) in [5.41, 5.74) is 0.841. The van der Waals surface area contributed by atoms with Crippen LogP contribution in [-0.4, -0.2) is 43.1 Å². The zero-order chi connectivity index (χ0) is 14.8. The van der Waals surface area contributed by atoms with Crippen LogP contribution in [0.4, 0.5) is 0 Å². The topological polar surface area (TPSA) is 51.5 Å². The molecule has 0 amide bonds. The first kappa shape index (κ1) is 15.8. The third-order valence-corrected chi connectivity index (χ3v) is 5.51. The molecule has 20 heavy (non-hydrogen) atoms. The summed E-state index contributed by atoms with van der Waals surface area (Å²) in [6, 6.07) is 1.68. The molecule has 0 saturated carbocycles. The van der Waals surface area contributed by atoms with Gasteiger partial charge in [-0.15, -0.1) is 11.6 Å². The van der Waals surface area contributed by atoms with Crippen LogP contribution in [0.3, 0.4) is 0 Å². The largest absolute Gasteiger partial charge is 0.376 e. The second-order valence-electron chi connectivity index (χ2n) is 5.04. The number of alkyl halides is 1. The van der Waals surface area contributed by atoms with Crippen molar-refractivity contribution in [2.75, 3.05) is 19.7 Å². The van der Waals surface area contributed by atoms with Crippen LogP contribution < -0.4 is 0 Å². The van der Waals surface area contributed by atoms with Gasteiger partial charge in [0, 0.05) is 31.5 Å². The lowest BCUT2D eigenvalue weighted by Gasteiger charge is -2.29. The van der Waals surface area contributed by atoms with Gasteiger partial charge in [-0.1, -0.05) is 6.92 Å². The van der Waals surface area contributed by atoms with Crippen molar-refractivity contribution < 1.29 is 13.2 Å². The molecule has 2 heterocycles. The van der Waals surface area contributed by atoms with Crippen molar-refractivity contribution in [2.45, 2.75) is 43.7 Å². The first-order valence-corrected chi connectivity index (χ1v) is 8.83. The Labute approximate surface area is 125 Å². The van der Waals surface area contributed by atoms with E-state index in [1.54, 1.807) is 12.3 Å². The minimum Gasteiger partial charge on any atom is -0.376 e. The molecular formula is C13H21ClN2O3S. The van der Waals surface area contributed by atoms with Crippen molar-refractivity contribution >= 4 is 21.6 Å². The van der Waals surface area contributed by atoms with E-state index in [2.05, 4.69) is 6.92 Å². The molecule has 1 aromatic heterocycles. The lowest BCUT2D eigenvalue weighted by Crippen LogP contribution is -2.44. The van der Waals surface area contributed by atoms with Crippen molar-refractivity contribution in [3.8, 4) is 0 Å². The number of rotatable bonds is 5. The Kier molecular flexibility index (Phi) is 5.12. The van der Waals surface area contributed by atoms with Crippen LogP contribution in [0.25, 0.3) is 0 Å². The van der Waals surface area contributed by atoms with E-state index in [0.29, 0.717) is 30.5 Å². The molecule has 7 heteroatoms. The molecule has 2 rings (SSSR count). The maximum Gasteiger partial charge on any atom is 0.244 e. The number of aryl methyl sites for hydroxylation is 1. The first-order chi connectivity index (χ1) is 9.48. The highest BCUT2D eigenvalue weighted by Gasteiger charge is 2.30. The van der Waals surface area contributed by atoms with Crippen LogP contribution in [0.15, 0.2) is 17.2 Å². The molecule has 1 atom stereocenters. The van der Waals surface area contributed by atoms with Gasteiger partial charge in [0.1, 0.15) is 4.90 Å². The third kappa shape index (κ3) is 3.19.